The van der Waals surface area contributed by atoms with Crippen LogP contribution in [0.2, 0.25) is 0 Å². The number of carbonyl (C=O) groups excluding carboxylic acids is 1. The van der Waals surface area contributed by atoms with E-state index in [1.54, 1.807) is 0 Å². The zero-order chi connectivity index (χ0) is 25.7. The number of carbonyl (C=O) groups is 1. The maximum Gasteiger partial charge on any atom is 0.416 e. The van der Waals surface area contributed by atoms with Crippen molar-refractivity contribution in [1.82, 2.24) is 10.6 Å². The summed E-state index contributed by atoms with van der Waals surface area (Å²) in [5.74, 6) is 0.525. The first-order valence-electron chi connectivity index (χ1n) is 12.9. The normalized spacial score (nSPS) is 23.5. The third-order valence-electron chi connectivity index (χ3n) is 7.08. The fraction of sp³-hybridized carbons (Fsp3) is 0.536. The highest BCUT2D eigenvalue weighted by Gasteiger charge is 2.43. The molecule has 2 aliphatic rings. The van der Waals surface area contributed by atoms with Crippen LogP contribution in [0, 0.1) is 11.8 Å². The van der Waals surface area contributed by atoms with Crippen molar-refractivity contribution in [1.29, 1.82) is 0 Å². The molecule has 0 bridgehead atoms. The van der Waals surface area contributed by atoms with Crippen LogP contribution in [-0.4, -0.2) is 31.6 Å². The molecular formula is C28H36F3N3O2. The maximum atomic E-state index is 13.5. The number of nitrogens with one attached hydrogen (secondary N) is 3. The van der Waals surface area contributed by atoms with E-state index in [0.717, 1.165) is 43.9 Å². The predicted octanol–water partition coefficient (Wildman–Crippen LogP) is 5.85. The molecule has 2 unspecified atom stereocenters. The predicted molar refractivity (Wildman–Crippen MR) is 135 cm³/mol. The first-order valence-corrected chi connectivity index (χ1v) is 12.9. The molecule has 3 N–H and O–H groups in total. The summed E-state index contributed by atoms with van der Waals surface area (Å²) in [5, 5.41) is 9.56. The number of alkyl halides is 3. The number of anilines is 1. The SMILES string of the molecule is CC(C)CCCNCC(=O)NCC1CC[C@@H]2C(O1)c1cc(C(F)(F)F)ccc1N[C@H]2c1ccccc1. The molecule has 4 rings (SSSR count). The molecule has 0 radical (unpaired) electrons. The van der Waals surface area contributed by atoms with Gasteiger partial charge in [0.15, 0.2) is 0 Å². The lowest BCUT2D eigenvalue weighted by Crippen LogP contribution is -2.44. The van der Waals surface area contributed by atoms with Gasteiger partial charge in [-0.3, -0.25) is 4.79 Å². The number of hydrogen-bond donors (Lipinski definition) is 3. The Morgan fingerprint density at radius 1 is 1.14 bits per heavy atom. The smallest absolute Gasteiger partial charge is 0.378 e. The highest BCUT2D eigenvalue weighted by atomic mass is 19.4. The molecule has 0 spiro atoms. The lowest BCUT2D eigenvalue weighted by Gasteiger charge is -2.46. The van der Waals surface area contributed by atoms with Crippen LogP contribution in [0.5, 0.6) is 0 Å². The van der Waals surface area contributed by atoms with Crippen LogP contribution in [0.3, 0.4) is 0 Å². The fourth-order valence-corrected chi connectivity index (χ4v) is 5.20. The number of rotatable bonds is 9. The van der Waals surface area contributed by atoms with E-state index in [4.69, 9.17) is 4.74 Å². The lowest BCUT2D eigenvalue weighted by molar-refractivity contribution is -0.138. The molecule has 0 aromatic heterocycles. The molecule has 2 aromatic carbocycles. The Balaban J connectivity index is 1.43. The number of ether oxygens (including phenoxy) is 1. The van der Waals surface area contributed by atoms with Crippen LogP contribution < -0.4 is 16.0 Å². The van der Waals surface area contributed by atoms with Gasteiger partial charge in [-0.2, -0.15) is 13.2 Å². The van der Waals surface area contributed by atoms with Crippen LogP contribution in [0.1, 0.15) is 68.4 Å². The summed E-state index contributed by atoms with van der Waals surface area (Å²) in [7, 11) is 0. The zero-order valence-corrected chi connectivity index (χ0v) is 20.9. The average molecular weight is 504 g/mol. The standard InChI is InChI=1S/C28H36F3N3O2/c1-18(2)7-6-14-32-17-25(35)33-16-21-11-12-22-26(19-8-4-3-5-9-19)34-24-13-10-20(28(29,30)31)15-23(24)27(22)36-21/h3-5,8-10,13,15,18,21-22,26-27,32,34H,6-7,11-12,14,16-17H2,1-2H3,(H,33,35)/t21?,22-,26-,27?/m0/s1. The van der Waals surface area contributed by atoms with E-state index in [1.807, 2.05) is 30.3 Å². The molecule has 2 aromatic rings. The molecule has 36 heavy (non-hydrogen) atoms. The Morgan fingerprint density at radius 2 is 1.92 bits per heavy atom. The van der Waals surface area contributed by atoms with Crippen LogP contribution in [0.4, 0.5) is 18.9 Å². The monoisotopic (exact) mass is 503 g/mol. The van der Waals surface area contributed by atoms with E-state index in [2.05, 4.69) is 29.8 Å². The van der Waals surface area contributed by atoms with Gasteiger partial charge in [-0.05, 0) is 61.9 Å². The third kappa shape index (κ3) is 6.59. The minimum absolute atomic E-state index is 0.0158. The van der Waals surface area contributed by atoms with Gasteiger partial charge in [-0.25, -0.2) is 0 Å². The van der Waals surface area contributed by atoms with Crippen molar-refractivity contribution in [3.8, 4) is 0 Å². The largest absolute Gasteiger partial charge is 0.416 e. The Morgan fingerprint density at radius 3 is 2.64 bits per heavy atom. The molecule has 5 nitrogen and oxygen atoms in total. The van der Waals surface area contributed by atoms with Crippen molar-refractivity contribution in [3.05, 3.63) is 65.2 Å². The van der Waals surface area contributed by atoms with E-state index >= 15 is 0 Å². The van der Waals surface area contributed by atoms with Gasteiger partial charge in [-0.15, -0.1) is 0 Å². The van der Waals surface area contributed by atoms with Crippen molar-refractivity contribution in [2.75, 3.05) is 25.0 Å². The minimum Gasteiger partial charge on any atom is -0.378 e. The fourth-order valence-electron chi connectivity index (χ4n) is 5.20. The Hall–Kier alpha value is -2.58. The Labute approximate surface area is 211 Å². The molecule has 1 amide bonds. The quantitative estimate of drug-likeness (QED) is 0.376. The van der Waals surface area contributed by atoms with Crippen LogP contribution >= 0.6 is 0 Å². The van der Waals surface area contributed by atoms with E-state index in [1.165, 1.54) is 12.1 Å². The molecule has 2 heterocycles. The number of halogens is 3. The zero-order valence-electron chi connectivity index (χ0n) is 20.9. The van der Waals surface area contributed by atoms with Crippen molar-refractivity contribution in [3.63, 3.8) is 0 Å². The van der Waals surface area contributed by atoms with E-state index < -0.39 is 17.8 Å². The summed E-state index contributed by atoms with van der Waals surface area (Å²) in [5.41, 5.74) is 1.60. The summed E-state index contributed by atoms with van der Waals surface area (Å²) in [6, 6.07) is 13.7. The molecule has 2 aliphatic heterocycles. The lowest BCUT2D eigenvalue weighted by atomic mass is 9.76. The van der Waals surface area contributed by atoms with Gasteiger partial charge < -0.3 is 20.7 Å². The maximum absolute atomic E-state index is 13.5. The summed E-state index contributed by atoms with van der Waals surface area (Å²) in [4.78, 5) is 12.3. The molecule has 196 valence electrons. The van der Waals surface area contributed by atoms with Crippen LogP contribution in [0.25, 0.3) is 0 Å². The van der Waals surface area contributed by atoms with Gasteiger partial charge in [0.2, 0.25) is 5.91 Å². The summed E-state index contributed by atoms with van der Waals surface area (Å²) in [6.07, 6.45) is -1.53. The molecular weight excluding hydrogens is 467 g/mol. The van der Waals surface area contributed by atoms with E-state index in [0.29, 0.717) is 23.7 Å². The van der Waals surface area contributed by atoms with Gasteiger partial charge in [0, 0.05) is 23.7 Å². The molecule has 4 atom stereocenters. The van der Waals surface area contributed by atoms with Crippen molar-refractivity contribution < 1.29 is 22.7 Å². The van der Waals surface area contributed by atoms with Gasteiger partial charge in [0.1, 0.15) is 0 Å². The topological polar surface area (TPSA) is 62.4 Å². The molecule has 0 aliphatic carbocycles. The van der Waals surface area contributed by atoms with Gasteiger partial charge in [0.25, 0.3) is 0 Å². The molecule has 8 heteroatoms. The molecule has 1 fully saturated rings. The van der Waals surface area contributed by atoms with Crippen molar-refractivity contribution >= 4 is 11.6 Å². The third-order valence-corrected chi connectivity index (χ3v) is 7.08. The van der Waals surface area contributed by atoms with Gasteiger partial charge in [0.05, 0.1) is 30.4 Å². The second-order valence-electron chi connectivity index (χ2n) is 10.3. The highest BCUT2D eigenvalue weighted by molar-refractivity contribution is 5.78. The highest BCUT2D eigenvalue weighted by Crippen LogP contribution is 2.51. The van der Waals surface area contributed by atoms with Crippen LogP contribution in [0.15, 0.2) is 48.5 Å². The van der Waals surface area contributed by atoms with Crippen molar-refractivity contribution in [2.24, 2.45) is 11.8 Å². The van der Waals surface area contributed by atoms with Crippen molar-refractivity contribution in [2.45, 2.75) is 64.0 Å². The molecule has 0 saturated carbocycles. The average Bonchev–Trinajstić information content (AvgIpc) is 2.86. The van der Waals surface area contributed by atoms with E-state index in [9.17, 15) is 18.0 Å². The Bertz CT molecular complexity index is 1010. The summed E-state index contributed by atoms with van der Waals surface area (Å²) >= 11 is 0. The second kappa shape index (κ2) is 11.6. The minimum atomic E-state index is -4.43. The number of hydrogen-bond acceptors (Lipinski definition) is 4. The van der Waals surface area contributed by atoms with Gasteiger partial charge in [-0.1, -0.05) is 44.2 Å². The van der Waals surface area contributed by atoms with E-state index in [-0.39, 0.29) is 30.5 Å². The number of fused-ring (bicyclic) bond motifs is 3. The second-order valence-corrected chi connectivity index (χ2v) is 10.3. The first kappa shape index (κ1) is 26.5. The van der Waals surface area contributed by atoms with Gasteiger partial charge >= 0.3 is 6.18 Å². The Kier molecular flexibility index (Phi) is 8.57. The molecule has 1 saturated heterocycles. The summed E-state index contributed by atoms with van der Waals surface area (Å²) < 4.78 is 46.9. The number of amides is 1. The first-order chi connectivity index (χ1) is 17.2. The van der Waals surface area contributed by atoms with Crippen LogP contribution in [-0.2, 0) is 15.7 Å². The summed E-state index contributed by atoms with van der Waals surface area (Å²) in [6.45, 7) is 5.73. The number of benzene rings is 2.